The van der Waals surface area contributed by atoms with Crippen LogP contribution in [0.1, 0.15) is 12.8 Å². The molecule has 9 heteroatoms. The van der Waals surface area contributed by atoms with Gasteiger partial charge in [0.1, 0.15) is 5.69 Å². The summed E-state index contributed by atoms with van der Waals surface area (Å²) in [7, 11) is 0. The molecule has 1 atom stereocenters. The molecule has 4 heterocycles. The summed E-state index contributed by atoms with van der Waals surface area (Å²) in [6, 6.07) is 8.82. The highest BCUT2D eigenvalue weighted by Crippen LogP contribution is 2.23. The minimum absolute atomic E-state index is 0.00759. The molecule has 0 aliphatic carbocycles. The van der Waals surface area contributed by atoms with Crippen LogP contribution in [-0.4, -0.2) is 45.3 Å². The van der Waals surface area contributed by atoms with Crippen molar-refractivity contribution in [3.05, 3.63) is 59.5 Å². The van der Waals surface area contributed by atoms with Crippen molar-refractivity contribution < 1.29 is 9.21 Å². The maximum absolute atomic E-state index is 12.6. The quantitative estimate of drug-likeness (QED) is 0.672. The molecule has 0 spiro atoms. The van der Waals surface area contributed by atoms with Crippen LogP contribution in [0.2, 0.25) is 0 Å². The zero-order chi connectivity index (χ0) is 20.1. The van der Waals surface area contributed by atoms with Gasteiger partial charge in [0.25, 0.3) is 5.56 Å². The Morgan fingerprint density at radius 2 is 2.17 bits per heavy atom. The maximum Gasteiger partial charge on any atom is 0.253 e. The zero-order valence-corrected chi connectivity index (χ0v) is 15.9. The van der Waals surface area contributed by atoms with Crippen LogP contribution >= 0.6 is 0 Å². The summed E-state index contributed by atoms with van der Waals surface area (Å²) in [6.07, 6.45) is 6.26. The molecule has 0 saturated carbocycles. The molecule has 9 nitrogen and oxygen atoms in total. The fourth-order valence-electron chi connectivity index (χ4n) is 3.44. The molecule has 1 unspecified atom stereocenters. The molecule has 1 fully saturated rings. The van der Waals surface area contributed by atoms with E-state index in [-0.39, 0.29) is 17.4 Å². The number of nitrogens with one attached hydrogen (secondary N) is 1. The molecular weight excluding hydrogens is 372 g/mol. The van der Waals surface area contributed by atoms with Gasteiger partial charge in [0.15, 0.2) is 11.6 Å². The number of piperidine rings is 1. The fraction of sp³-hybridized carbons (Fsp3) is 0.350. The topological polar surface area (TPSA) is 106 Å². The van der Waals surface area contributed by atoms with Crippen LogP contribution in [0.3, 0.4) is 0 Å². The standard InChI is InChI=1S/C20H22N6O3/c27-19-7-8-21-14-26(19)11-9-22-20(28)15-3-1-10-25(13-15)18-6-5-16(23-24-18)17-4-2-12-29-17/h2,4-8,12,14-15H,1,3,9-11,13H2,(H,22,28). The van der Waals surface area contributed by atoms with E-state index < -0.39 is 0 Å². The molecule has 150 valence electrons. The molecular formula is C20H22N6O3. The normalized spacial score (nSPS) is 16.6. The highest BCUT2D eigenvalue weighted by Gasteiger charge is 2.26. The second-order valence-electron chi connectivity index (χ2n) is 6.94. The molecule has 29 heavy (non-hydrogen) atoms. The number of rotatable bonds is 6. The smallest absolute Gasteiger partial charge is 0.253 e. The number of furan rings is 1. The SMILES string of the molecule is O=C(NCCn1cnccc1=O)C1CCCN(c2ccc(-c3ccco3)nn2)C1. The zero-order valence-electron chi connectivity index (χ0n) is 15.9. The third-order valence-corrected chi connectivity index (χ3v) is 4.98. The Kier molecular flexibility index (Phi) is 5.64. The minimum Gasteiger partial charge on any atom is -0.463 e. The first-order valence-corrected chi connectivity index (χ1v) is 9.61. The van der Waals surface area contributed by atoms with Crippen LogP contribution < -0.4 is 15.8 Å². The van der Waals surface area contributed by atoms with Gasteiger partial charge in [-0.05, 0) is 37.1 Å². The predicted molar refractivity (Wildman–Crippen MR) is 106 cm³/mol. The lowest BCUT2D eigenvalue weighted by atomic mass is 9.97. The van der Waals surface area contributed by atoms with Gasteiger partial charge in [-0.2, -0.15) is 0 Å². The van der Waals surface area contributed by atoms with E-state index >= 15 is 0 Å². The monoisotopic (exact) mass is 394 g/mol. The van der Waals surface area contributed by atoms with Gasteiger partial charge in [-0.3, -0.25) is 14.2 Å². The van der Waals surface area contributed by atoms with E-state index in [9.17, 15) is 9.59 Å². The minimum atomic E-state index is -0.130. The summed E-state index contributed by atoms with van der Waals surface area (Å²) in [5.74, 6) is 1.29. The summed E-state index contributed by atoms with van der Waals surface area (Å²) in [4.78, 5) is 30.3. The average Bonchev–Trinajstić information content (AvgIpc) is 3.30. The summed E-state index contributed by atoms with van der Waals surface area (Å²) in [5.41, 5.74) is 0.547. The summed E-state index contributed by atoms with van der Waals surface area (Å²) in [5, 5.41) is 11.5. The van der Waals surface area contributed by atoms with Crippen molar-refractivity contribution in [3.63, 3.8) is 0 Å². The Morgan fingerprint density at radius 1 is 1.24 bits per heavy atom. The predicted octanol–water partition coefficient (Wildman–Crippen LogP) is 1.33. The van der Waals surface area contributed by atoms with Crippen LogP contribution in [0.25, 0.3) is 11.5 Å². The molecule has 0 aromatic carbocycles. The van der Waals surface area contributed by atoms with Gasteiger partial charge in [-0.15, -0.1) is 10.2 Å². The van der Waals surface area contributed by atoms with E-state index in [2.05, 4.69) is 25.4 Å². The lowest BCUT2D eigenvalue weighted by molar-refractivity contribution is -0.125. The molecule has 1 aliphatic rings. The molecule has 3 aromatic heterocycles. The molecule has 3 aromatic rings. The second-order valence-corrected chi connectivity index (χ2v) is 6.94. The van der Waals surface area contributed by atoms with Crippen molar-refractivity contribution in [1.82, 2.24) is 25.1 Å². The third-order valence-electron chi connectivity index (χ3n) is 4.98. The van der Waals surface area contributed by atoms with E-state index in [1.165, 1.54) is 23.2 Å². The van der Waals surface area contributed by atoms with Gasteiger partial charge >= 0.3 is 0 Å². The van der Waals surface area contributed by atoms with Crippen LogP contribution in [0.15, 0.2) is 58.3 Å². The Morgan fingerprint density at radius 3 is 2.93 bits per heavy atom. The molecule has 1 saturated heterocycles. The molecule has 1 aliphatic heterocycles. The average molecular weight is 394 g/mol. The highest BCUT2D eigenvalue weighted by atomic mass is 16.3. The number of hydrogen-bond donors (Lipinski definition) is 1. The summed E-state index contributed by atoms with van der Waals surface area (Å²) >= 11 is 0. The van der Waals surface area contributed by atoms with Crippen LogP contribution in [0.4, 0.5) is 5.82 Å². The van der Waals surface area contributed by atoms with Gasteiger partial charge in [-0.25, -0.2) is 4.98 Å². The molecule has 1 amide bonds. The van der Waals surface area contributed by atoms with Gasteiger partial charge in [0.05, 0.1) is 18.5 Å². The van der Waals surface area contributed by atoms with Crippen molar-refractivity contribution in [3.8, 4) is 11.5 Å². The van der Waals surface area contributed by atoms with E-state index in [0.29, 0.717) is 31.1 Å². The first-order chi connectivity index (χ1) is 14.2. The number of aromatic nitrogens is 4. The van der Waals surface area contributed by atoms with Gasteiger partial charge < -0.3 is 14.6 Å². The number of anilines is 1. The van der Waals surface area contributed by atoms with Gasteiger partial charge in [-0.1, -0.05) is 0 Å². The largest absolute Gasteiger partial charge is 0.463 e. The van der Waals surface area contributed by atoms with E-state index in [1.54, 1.807) is 6.26 Å². The van der Waals surface area contributed by atoms with Crippen molar-refractivity contribution in [1.29, 1.82) is 0 Å². The Balaban J connectivity index is 1.32. The van der Waals surface area contributed by atoms with Gasteiger partial charge in [0.2, 0.25) is 5.91 Å². The number of nitrogens with zero attached hydrogens (tertiary/aromatic N) is 5. The molecule has 4 rings (SSSR count). The van der Waals surface area contributed by atoms with Crippen LogP contribution in [0, 0.1) is 5.92 Å². The maximum atomic E-state index is 12.6. The first-order valence-electron chi connectivity index (χ1n) is 9.61. The molecule has 0 bridgehead atoms. The number of carbonyl (C=O) groups excluding carboxylic acids is 1. The van der Waals surface area contributed by atoms with E-state index in [1.807, 2.05) is 24.3 Å². The highest BCUT2D eigenvalue weighted by molar-refractivity contribution is 5.79. The Labute approximate surface area is 167 Å². The Hall–Kier alpha value is -3.49. The van der Waals surface area contributed by atoms with Crippen LogP contribution in [-0.2, 0) is 11.3 Å². The number of hydrogen-bond acceptors (Lipinski definition) is 7. The van der Waals surface area contributed by atoms with Gasteiger partial charge in [0, 0.05) is 38.4 Å². The summed E-state index contributed by atoms with van der Waals surface area (Å²) < 4.78 is 6.81. The van der Waals surface area contributed by atoms with Crippen molar-refractivity contribution in [2.45, 2.75) is 19.4 Å². The fourth-order valence-corrected chi connectivity index (χ4v) is 3.44. The Bertz CT molecular complexity index is 1000. The summed E-state index contributed by atoms with van der Waals surface area (Å²) in [6.45, 7) is 2.21. The van der Waals surface area contributed by atoms with Crippen molar-refractivity contribution in [2.24, 2.45) is 5.92 Å². The van der Waals surface area contributed by atoms with Crippen molar-refractivity contribution >= 4 is 11.7 Å². The second kappa shape index (κ2) is 8.68. The third kappa shape index (κ3) is 4.50. The number of amides is 1. The number of carbonyl (C=O) groups is 1. The lowest BCUT2D eigenvalue weighted by Crippen LogP contribution is -2.44. The molecule has 0 radical (unpaired) electrons. The van der Waals surface area contributed by atoms with Crippen LogP contribution in [0.5, 0.6) is 0 Å². The van der Waals surface area contributed by atoms with E-state index in [0.717, 1.165) is 25.2 Å². The first kappa shape index (κ1) is 18.9. The van der Waals surface area contributed by atoms with Crippen molar-refractivity contribution in [2.75, 3.05) is 24.5 Å². The lowest BCUT2D eigenvalue weighted by Gasteiger charge is -2.32. The molecule has 1 N–H and O–H groups in total. The van der Waals surface area contributed by atoms with E-state index in [4.69, 9.17) is 4.42 Å².